The van der Waals surface area contributed by atoms with Gasteiger partial charge in [0, 0.05) is 24.6 Å². The molecule has 0 amide bonds. The molecule has 1 fully saturated rings. The highest BCUT2D eigenvalue weighted by atomic mass is 32.2. The molecule has 0 N–H and O–H groups in total. The third-order valence-corrected chi connectivity index (χ3v) is 4.81. The highest BCUT2D eigenvalue weighted by Crippen LogP contribution is 2.20. The minimum atomic E-state index is -0.468. The van der Waals surface area contributed by atoms with E-state index in [4.69, 9.17) is 4.74 Å². The molecule has 25 heavy (non-hydrogen) atoms. The number of nitrogens with zero attached hydrogens (tertiary/aromatic N) is 5. The van der Waals surface area contributed by atoms with E-state index in [1.54, 1.807) is 7.05 Å². The Morgan fingerprint density at radius 2 is 2.08 bits per heavy atom. The van der Waals surface area contributed by atoms with Crippen molar-refractivity contribution < 1.29 is 9.66 Å². The summed E-state index contributed by atoms with van der Waals surface area (Å²) in [7, 11) is 1.60. The zero-order valence-corrected chi connectivity index (χ0v) is 14.7. The first-order valence-electron chi connectivity index (χ1n) is 7.87. The second-order valence-electron chi connectivity index (χ2n) is 5.52. The van der Waals surface area contributed by atoms with Crippen LogP contribution in [-0.4, -0.2) is 50.3 Å². The molecule has 1 aliphatic heterocycles. The molecule has 0 atom stereocenters. The minimum Gasteiger partial charge on any atom is -0.483 e. The quantitative estimate of drug-likeness (QED) is 0.340. The lowest BCUT2D eigenvalue weighted by atomic mass is 10.3. The van der Waals surface area contributed by atoms with Crippen LogP contribution in [-0.2, 0) is 13.7 Å². The van der Waals surface area contributed by atoms with Crippen LogP contribution in [0.15, 0.2) is 35.5 Å². The number of ether oxygens (including phenoxy) is 1. The number of rotatable bonds is 6. The van der Waals surface area contributed by atoms with Crippen LogP contribution in [0.3, 0.4) is 0 Å². The molecule has 3 rings (SSSR count). The van der Waals surface area contributed by atoms with E-state index in [2.05, 4.69) is 14.9 Å². The standard InChI is InChI=1S/C16H19N5O3S/c1-19-15(17-10-16(19)21(22)23)11-24-14-4-2-13(3-5-14)18-12-20-6-8-25-9-7-20/h2-5,10,12H,6-9,11H2,1H3. The van der Waals surface area contributed by atoms with Gasteiger partial charge in [-0.2, -0.15) is 11.8 Å². The van der Waals surface area contributed by atoms with Crippen LogP contribution in [0.4, 0.5) is 11.5 Å². The van der Waals surface area contributed by atoms with Gasteiger partial charge in [-0.15, -0.1) is 0 Å². The van der Waals surface area contributed by atoms with Crippen molar-refractivity contribution in [2.75, 3.05) is 24.6 Å². The molecule has 8 nitrogen and oxygen atoms in total. The Labute approximate surface area is 149 Å². The van der Waals surface area contributed by atoms with Gasteiger partial charge in [-0.3, -0.25) is 0 Å². The third kappa shape index (κ3) is 4.50. The number of nitro groups is 1. The predicted molar refractivity (Wildman–Crippen MR) is 97.7 cm³/mol. The lowest BCUT2D eigenvalue weighted by Gasteiger charge is -2.23. The van der Waals surface area contributed by atoms with Crippen molar-refractivity contribution in [1.29, 1.82) is 0 Å². The summed E-state index contributed by atoms with van der Waals surface area (Å²) in [6, 6.07) is 7.42. The number of hydrogen-bond acceptors (Lipinski definition) is 6. The van der Waals surface area contributed by atoms with E-state index in [9.17, 15) is 10.1 Å². The average molecular weight is 361 g/mol. The van der Waals surface area contributed by atoms with E-state index in [1.807, 2.05) is 42.4 Å². The zero-order chi connectivity index (χ0) is 17.6. The Morgan fingerprint density at radius 1 is 1.36 bits per heavy atom. The fraction of sp³-hybridized carbons (Fsp3) is 0.375. The summed E-state index contributed by atoms with van der Waals surface area (Å²) >= 11 is 1.97. The molecule has 0 saturated carbocycles. The molecule has 132 valence electrons. The lowest BCUT2D eigenvalue weighted by molar-refractivity contribution is -0.391. The van der Waals surface area contributed by atoms with E-state index >= 15 is 0 Å². The third-order valence-electron chi connectivity index (χ3n) is 3.87. The predicted octanol–water partition coefficient (Wildman–Crippen LogP) is 2.62. The van der Waals surface area contributed by atoms with Crippen molar-refractivity contribution in [3.8, 4) is 5.75 Å². The number of imidazole rings is 1. The van der Waals surface area contributed by atoms with Gasteiger partial charge in [-0.25, -0.2) is 14.5 Å². The maximum Gasteiger partial charge on any atom is 0.342 e. The van der Waals surface area contributed by atoms with Crippen LogP contribution >= 0.6 is 11.8 Å². The average Bonchev–Trinajstić information content (AvgIpc) is 3.01. The molecule has 2 heterocycles. The first-order valence-corrected chi connectivity index (χ1v) is 9.03. The maximum absolute atomic E-state index is 10.8. The number of aromatic nitrogens is 2. The van der Waals surface area contributed by atoms with Crippen molar-refractivity contribution in [3.63, 3.8) is 0 Å². The van der Waals surface area contributed by atoms with Gasteiger partial charge in [0.05, 0.1) is 19.1 Å². The van der Waals surface area contributed by atoms with Crippen LogP contribution in [0, 0.1) is 10.1 Å². The lowest BCUT2D eigenvalue weighted by Crippen LogP contribution is -2.31. The molecule has 2 aromatic rings. The summed E-state index contributed by atoms with van der Waals surface area (Å²) in [5.74, 6) is 3.39. The summed E-state index contributed by atoms with van der Waals surface area (Å²) in [5.41, 5.74) is 0.859. The first kappa shape index (κ1) is 17.3. The zero-order valence-electron chi connectivity index (χ0n) is 13.9. The fourth-order valence-corrected chi connectivity index (χ4v) is 3.29. The smallest absolute Gasteiger partial charge is 0.342 e. The van der Waals surface area contributed by atoms with Crippen molar-refractivity contribution in [2.45, 2.75) is 6.61 Å². The molecule has 1 aromatic heterocycles. The van der Waals surface area contributed by atoms with Gasteiger partial charge in [-0.1, -0.05) is 0 Å². The molecule has 0 aliphatic carbocycles. The number of aliphatic imine (C=N–C) groups is 1. The maximum atomic E-state index is 10.8. The van der Waals surface area contributed by atoms with Gasteiger partial charge in [0.25, 0.3) is 0 Å². The van der Waals surface area contributed by atoms with Crippen molar-refractivity contribution in [3.05, 3.63) is 46.4 Å². The highest BCUT2D eigenvalue weighted by molar-refractivity contribution is 7.99. The van der Waals surface area contributed by atoms with Gasteiger partial charge >= 0.3 is 5.82 Å². The van der Waals surface area contributed by atoms with Crippen LogP contribution in [0.2, 0.25) is 0 Å². The van der Waals surface area contributed by atoms with Gasteiger partial charge < -0.3 is 19.8 Å². The van der Waals surface area contributed by atoms with Crippen molar-refractivity contribution in [1.82, 2.24) is 14.5 Å². The molecule has 9 heteroatoms. The van der Waals surface area contributed by atoms with Gasteiger partial charge in [0.15, 0.2) is 6.61 Å². The van der Waals surface area contributed by atoms with E-state index in [-0.39, 0.29) is 12.4 Å². The van der Waals surface area contributed by atoms with Gasteiger partial charge in [0.2, 0.25) is 5.82 Å². The topological polar surface area (TPSA) is 85.8 Å². The van der Waals surface area contributed by atoms with E-state index in [1.165, 1.54) is 10.8 Å². The second kappa shape index (κ2) is 8.02. The molecule has 1 aromatic carbocycles. The van der Waals surface area contributed by atoms with E-state index in [0.717, 1.165) is 30.3 Å². The van der Waals surface area contributed by atoms with Crippen LogP contribution in [0.25, 0.3) is 0 Å². The largest absolute Gasteiger partial charge is 0.483 e. The number of thioether (sulfide) groups is 1. The fourth-order valence-electron chi connectivity index (χ4n) is 2.36. The summed E-state index contributed by atoms with van der Waals surface area (Å²) in [6.45, 7) is 2.23. The Hall–Kier alpha value is -2.55. The molecular formula is C16H19N5O3S. The number of benzene rings is 1. The highest BCUT2D eigenvalue weighted by Gasteiger charge is 2.16. The van der Waals surface area contributed by atoms with Crippen molar-refractivity contribution >= 4 is 29.6 Å². The summed E-state index contributed by atoms with van der Waals surface area (Å²) in [6.07, 6.45) is 3.12. The Bertz CT molecular complexity index is 754. The van der Waals surface area contributed by atoms with Crippen LogP contribution in [0.1, 0.15) is 5.82 Å². The molecule has 0 radical (unpaired) electrons. The number of hydrogen-bond donors (Lipinski definition) is 0. The van der Waals surface area contributed by atoms with Gasteiger partial charge in [-0.05, 0) is 29.2 Å². The second-order valence-corrected chi connectivity index (χ2v) is 6.75. The monoisotopic (exact) mass is 361 g/mol. The van der Waals surface area contributed by atoms with Crippen molar-refractivity contribution in [2.24, 2.45) is 12.0 Å². The van der Waals surface area contributed by atoms with Gasteiger partial charge in [0.1, 0.15) is 11.9 Å². The summed E-state index contributed by atoms with van der Waals surface area (Å²) < 4.78 is 7.06. The van der Waals surface area contributed by atoms with Crippen LogP contribution < -0.4 is 4.74 Å². The molecule has 1 saturated heterocycles. The normalized spacial score (nSPS) is 14.8. The van der Waals surface area contributed by atoms with Crippen LogP contribution in [0.5, 0.6) is 5.75 Å². The Balaban J connectivity index is 1.55. The first-order chi connectivity index (χ1) is 12.1. The van der Waals surface area contributed by atoms with E-state index in [0.29, 0.717) is 11.6 Å². The Kier molecular flexibility index (Phi) is 5.54. The molecule has 0 spiro atoms. The SMILES string of the molecule is Cn1c([N+](=O)[O-])cnc1COc1ccc(N=CN2CCSCC2)cc1. The summed E-state index contributed by atoms with van der Waals surface area (Å²) in [4.78, 5) is 21.0. The Morgan fingerprint density at radius 3 is 2.72 bits per heavy atom. The minimum absolute atomic E-state index is 0.0561. The molecule has 1 aliphatic rings. The molecule has 0 bridgehead atoms. The molecular weight excluding hydrogens is 342 g/mol. The molecule has 0 unspecified atom stereocenters. The van der Waals surface area contributed by atoms with E-state index < -0.39 is 4.92 Å². The summed E-state index contributed by atoms with van der Waals surface area (Å²) in [5, 5.41) is 10.8.